The predicted octanol–water partition coefficient (Wildman–Crippen LogP) is 1.56. The van der Waals surface area contributed by atoms with E-state index in [0.717, 1.165) is 13.1 Å². The Bertz CT molecular complexity index is 1470. The van der Waals surface area contributed by atoms with Gasteiger partial charge in [0.25, 0.3) is 0 Å². The smallest absolute Gasteiger partial charge is 0.313 e. The van der Waals surface area contributed by atoms with E-state index in [-0.39, 0.29) is 38.0 Å². The van der Waals surface area contributed by atoms with Gasteiger partial charge in [-0.3, -0.25) is 24.1 Å². The van der Waals surface area contributed by atoms with Crippen LogP contribution in [0, 0.1) is 11.8 Å². The third-order valence-electron chi connectivity index (χ3n) is 10.5. The van der Waals surface area contributed by atoms with Crippen LogP contribution < -0.4 is 5.32 Å². The molecule has 5 aliphatic heterocycles. The summed E-state index contributed by atoms with van der Waals surface area (Å²) in [6, 6.07) is 6.55. The number of aliphatic hydroxyl groups excluding tert-OH is 1. The van der Waals surface area contributed by atoms with E-state index >= 15 is 0 Å². The number of allylic oxidation sites excluding steroid dienone is 1. The summed E-state index contributed by atoms with van der Waals surface area (Å²) in [5.74, 6) is -3.87. The Hall–Kier alpha value is -3.14. The number of ether oxygens (including phenoxy) is 4. The number of carbonyl (C=O) groups is 4. The molecule has 272 valence electrons. The lowest BCUT2D eigenvalue weighted by atomic mass is 9.74. The van der Waals surface area contributed by atoms with Gasteiger partial charge in [-0.1, -0.05) is 65.3 Å². The van der Waals surface area contributed by atoms with Crippen molar-refractivity contribution in [1.82, 2.24) is 20.0 Å². The molecule has 2 N–H and O–H groups in total. The summed E-state index contributed by atoms with van der Waals surface area (Å²) in [5, 5.41) is 13.5. The van der Waals surface area contributed by atoms with E-state index in [0.29, 0.717) is 49.2 Å². The summed E-state index contributed by atoms with van der Waals surface area (Å²) in [7, 11) is 1.51. The SMILES string of the molecule is CC[C@@H](CO)N1C(=O)[C@@H]2[C@H]3C(=O)O[C@@H](c4ccccc4)[C@H](COC)NC(=O)CC/C=C\CN(CCN4CCOCC4)C(=O)[C@@H]1[C@]21C=C(Br)[C@H]3O1. The first-order valence-electron chi connectivity index (χ1n) is 17.5. The van der Waals surface area contributed by atoms with Crippen molar-refractivity contribution in [1.29, 1.82) is 0 Å². The van der Waals surface area contributed by atoms with Crippen LogP contribution in [0.1, 0.15) is 37.9 Å². The number of amides is 3. The summed E-state index contributed by atoms with van der Waals surface area (Å²) in [6.45, 7) is 5.47. The lowest BCUT2D eigenvalue weighted by molar-refractivity contribution is -0.163. The van der Waals surface area contributed by atoms with E-state index < -0.39 is 59.6 Å². The fourth-order valence-electron chi connectivity index (χ4n) is 7.99. The number of nitrogens with zero attached hydrogens (tertiary/aromatic N) is 3. The number of rotatable bonds is 9. The number of halogens is 1. The summed E-state index contributed by atoms with van der Waals surface area (Å²) >= 11 is 3.61. The van der Waals surface area contributed by atoms with Crippen LogP contribution in [0.3, 0.4) is 0 Å². The summed E-state index contributed by atoms with van der Waals surface area (Å²) < 4.78 is 24.5. The van der Waals surface area contributed by atoms with E-state index in [1.165, 1.54) is 12.0 Å². The largest absolute Gasteiger partial charge is 0.455 e. The first-order chi connectivity index (χ1) is 24.2. The minimum absolute atomic E-state index is 0.0616. The Labute approximate surface area is 301 Å². The summed E-state index contributed by atoms with van der Waals surface area (Å²) in [4.78, 5) is 62.7. The first kappa shape index (κ1) is 36.6. The number of benzene rings is 1. The number of carbonyl (C=O) groups excluding carboxylic acids is 4. The quantitative estimate of drug-likeness (QED) is 0.281. The van der Waals surface area contributed by atoms with Crippen LogP contribution in [-0.2, 0) is 38.1 Å². The standard InChI is InChI=1S/C36H47BrN4O9/c1-3-24(21-42)41-32-34(45)40(15-14-39-16-18-48-19-17-39)13-9-5-8-12-27(43)38-26(22-47-2)30(23-10-6-4-7-11-23)49-35(46)28-29(33(41)44)36(32)20-25(37)31(28)50-36/h4-7,9-11,20,24,26,28-32,42H,3,8,12-19,21-22H2,1-2H3,(H,38,43)/b9-5-/t24-,26-,28+,29-,30-,31+,32+,36-/m0/s1. The molecule has 13 nitrogen and oxygen atoms in total. The molecule has 6 rings (SSSR count). The van der Waals surface area contributed by atoms with E-state index in [4.69, 9.17) is 18.9 Å². The van der Waals surface area contributed by atoms with Gasteiger partial charge >= 0.3 is 5.97 Å². The van der Waals surface area contributed by atoms with Crippen LogP contribution in [0.15, 0.2) is 53.0 Å². The molecule has 0 saturated carbocycles. The van der Waals surface area contributed by atoms with Crippen molar-refractivity contribution in [2.75, 3.05) is 66.3 Å². The zero-order valence-electron chi connectivity index (χ0n) is 28.6. The van der Waals surface area contributed by atoms with Crippen LogP contribution >= 0.6 is 15.9 Å². The molecule has 1 spiro atoms. The number of methoxy groups -OCH3 is 1. The molecule has 0 aliphatic carbocycles. The van der Waals surface area contributed by atoms with E-state index in [9.17, 15) is 24.3 Å². The topological polar surface area (TPSA) is 147 Å². The highest BCUT2D eigenvalue weighted by Gasteiger charge is 2.75. The van der Waals surface area contributed by atoms with Crippen molar-refractivity contribution in [3.63, 3.8) is 0 Å². The molecule has 1 aromatic carbocycles. The average Bonchev–Trinajstić information content (AvgIpc) is 3.72. The van der Waals surface area contributed by atoms with Crippen LogP contribution in [0.4, 0.5) is 0 Å². The van der Waals surface area contributed by atoms with Crippen molar-refractivity contribution < 1.29 is 43.2 Å². The number of esters is 1. The van der Waals surface area contributed by atoms with Crippen LogP contribution in [0.25, 0.3) is 0 Å². The van der Waals surface area contributed by atoms with Crippen LogP contribution in [0.5, 0.6) is 0 Å². The highest BCUT2D eigenvalue weighted by molar-refractivity contribution is 9.11. The van der Waals surface area contributed by atoms with Gasteiger partial charge in [-0.15, -0.1) is 0 Å². The molecule has 0 aromatic heterocycles. The highest BCUT2D eigenvalue weighted by Crippen LogP contribution is 2.59. The Kier molecular flexibility index (Phi) is 11.8. The fraction of sp³-hybridized carbons (Fsp3) is 0.611. The molecule has 50 heavy (non-hydrogen) atoms. The van der Waals surface area contributed by atoms with Crippen LogP contribution in [-0.4, -0.2) is 140 Å². The van der Waals surface area contributed by atoms with Gasteiger partial charge < -0.3 is 39.2 Å². The number of nitrogens with one attached hydrogen (secondary N) is 1. The van der Waals surface area contributed by atoms with Gasteiger partial charge in [-0.05, 0) is 24.5 Å². The number of fused-ring (bicyclic) bond motifs is 2. The third-order valence-corrected chi connectivity index (χ3v) is 11.2. The molecule has 3 saturated heterocycles. The van der Waals surface area contributed by atoms with Crippen LogP contribution in [0.2, 0.25) is 0 Å². The summed E-state index contributed by atoms with van der Waals surface area (Å²) in [5.41, 5.74) is -0.828. The first-order valence-corrected chi connectivity index (χ1v) is 18.3. The molecule has 14 heteroatoms. The maximum absolute atomic E-state index is 14.9. The number of hydrogen-bond donors (Lipinski definition) is 2. The predicted molar refractivity (Wildman–Crippen MR) is 185 cm³/mol. The molecular weight excluding hydrogens is 712 g/mol. The van der Waals surface area contributed by atoms with E-state index in [2.05, 4.69) is 26.1 Å². The van der Waals surface area contributed by atoms with Gasteiger partial charge in [0, 0.05) is 50.7 Å². The number of aliphatic hydroxyl groups is 1. The maximum atomic E-state index is 14.9. The molecule has 5 heterocycles. The van der Waals surface area contributed by atoms with Crippen molar-refractivity contribution in [3.8, 4) is 0 Å². The van der Waals surface area contributed by atoms with Crippen molar-refractivity contribution in [3.05, 3.63) is 58.6 Å². The molecule has 3 amide bonds. The number of cyclic esters (lactones) is 1. The monoisotopic (exact) mass is 758 g/mol. The van der Waals surface area contributed by atoms with Gasteiger partial charge in [0.1, 0.15) is 29.8 Å². The molecule has 0 unspecified atom stereocenters. The molecule has 5 bridgehead atoms. The normalized spacial score (nSPS) is 33.6. The third kappa shape index (κ3) is 7.02. The molecule has 0 radical (unpaired) electrons. The lowest BCUT2D eigenvalue weighted by Crippen LogP contribution is -2.59. The fourth-order valence-corrected chi connectivity index (χ4v) is 8.73. The number of hydrogen-bond acceptors (Lipinski definition) is 10. The minimum atomic E-state index is -1.47. The maximum Gasteiger partial charge on any atom is 0.313 e. The van der Waals surface area contributed by atoms with Gasteiger partial charge in [0.05, 0.1) is 44.4 Å². The van der Waals surface area contributed by atoms with Gasteiger partial charge in [0.15, 0.2) is 0 Å². The minimum Gasteiger partial charge on any atom is -0.455 e. The van der Waals surface area contributed by atoms with E-state index in [1.54, 1.807) is 11.0 Å². The second-order valence-corrected chi connectivity index (χ2v) is 14.4. The Balaban J connectivity index is 1.43. The number of morpholine rings is 1. The number of likely N-dealkylation sites (tertiary alicyclic amines) is 1. The van der Waals surface area contributed by atoms with Crippen molar-refractivity contribution >= 4 is 39.6 Å². The molecule has 8 atom stereocenters. The van der Waals surface area contributed by atoms with Crippen molar-refractivity contribution in [2.45, 2.75) is 62.1 Å². The lowest BCUT2D eigenvalue weighted by Gasteiger charge is -2.39. The van der Waals surface area contributed by atoms with Gasteiger partial charge in [-0.25, -0.2) is 0 Å². The van der Waals surface area contributed by atoms with Crippen molar-refractivity contribution in [2.24, 2.45) is 11.8 Å². The Morgan fingerprint density at radius 2 is 1.82 bits per heavy atom. The zero-order valence-corrected chi connectivity index (χ0v) is 30.2. The summed E-state index contributed by atoms with van der Waals surface area (Å²) in [6.07, 6.45) is 4.68. The average molecular weight is 760 g/mol. The zero-order chi connectivity index (χ0) is 35.4. The van der Waals surface area contributed by atoms with Gasteiger partial charge in [-0.2, -0.15) is 0 Å². The second kappa shape index (κ2) is 16.0. The Morgan fingerprint density at radius 1 is 1.06 bits per heavy atom. The second-order valence-electron chi connectivity index (χ2n) is 13.5. The molecule has 3 fully saturated rings. The highest BCUT2D eigenvalue weighted by atomic mass is 79.9. The van der Waals surface area contributed by atoms with E-state index in [1.807, 2.05) is 49.4 Å². The molecule has 5 aliphatic rings. The Morgan fingerprint density at radius 3 is 2.52 bits per heavy atom. The van der Waals surface area contributed by atoms with Gasteiger partial charge in [0.2, 0.25) is 17.7 Å². The molecular formula is C36H47BrN4O9. The molecule has 1 aromatic rings.